The van der Waals surface area contributed by atoms with E-state index in [4.69, 9.17) is 0 Å². The van der Waals surface area contributed by atoms with Crippen molar-refractivity contribution in [1.82, 2.24) is 0 Å². The molecule has 1 heterocycles. The zero-order valence-electron chi connectivity index (χ0n) is 14.0. The first-order valence-electron chi connectivity index (χ1n) is 7.93. The second-order valence-corrected chi connectivity index (χ2v) is 5.99. The number of benzene rings is 2. The number of alkyl halides is 6. The summed E-state index contributed by atoms with van der Waals surface area (Å²) in [4.78, 5) is 26.2. The highest BCUT2D eigenvalue weighted by Gasteiger charge is 2.41. The summed E-state index contributed by atoms with van der Waals surface area (Å²) < 4.78 is 79.2. The van der Waals surface area contributed by atoms with Crippen molar-refractivity contribution >= 4 is 23.2 Å². The van der Waals surface area contributed by atoms with Crippen LogP contribution in [-0.4, -0.2) is 24.9 Å². The third kappa shape index (κ3) is 3.67. The molecule has 0 spiro atoms. The highest BCUT2D eigenvalue weighted by atomic mass is 19.4. The molecule has 2 aromatic rings. The molecule has 1 fully saturated rings. The number of piperazine rings is 1. The molecule has 0 atom stereocenters. The average Bonchev–Trinajstić information content (AvgIpc) is 2.62. The molecule has 1 aliphatic rings. The summed E-state index contributed by atoms with van der Waals surface area (Å²) in [6.45, 7) is -1.61. The first-order chi connectivity index (χ1) is 13.0. The van der Waals surface area contributed by atoms with Gasteiger partial charge in [-0.25, -0.2) is 0 Å². The van der Waals surface area contributed by atoms with Crippen molar-refractivity contribution in [2.24, 2.45) is 0 Å². The third-order valence-electron chi connectivity index (χ3n) is 4.19. The van der Waals surface area contributed by atoms with Crippen molar-refractivity contribution in [2.75, 3.05) is 22.9 Å². The molecular formula is C18H12F6N2O2. The number of carbonyl (C=O) groups excluding carboxylic acids is 2. The largest absolute Gasteiger partial charge is 0.418 e. The van der Waals surface area contributed by atoms with E-state index in [1.54, 1.807) is 0 Å². The Balaban J connectivity index is 1.96. The lowest BCUT2D eigenvalue weighted by molar-refractivity contribution is -0.138. The SMILES string of the molecule is O=C1CN(c2ccccc2C(F)(F)F)C(=O)CN1c1ccccc1C(F)(F)F. The van der Waals surface area contributed by atoms with Crippen molar-refractivity contribution < 1.29 is 35.9 Å². The van der Waals surface area contributed by atoms with E-state index in [9.17, 15) is 35.9 Å². The average molecular weight is 402 g/mol. The Hall–Kier alpha value is -3.04. The summed E-state index contributed by atoms with van der Waals surface area (Å²) in [6, 6.07) is 8.40. The molecule has 1 saturated heterocycles. The molecule has 0 saturated carbocycles. The number of carbonyl (C=O) groups is 2. The van der Waals surface area contributed by atoms with Crippen LogP contribution in [0.5, 0.6) is 0 Å². The Morgan fingerprint density at radius 3 is 1.25 bits per heavy atom. The predicted molar refractivity (Wildman–Crippen MR) is 87.6 cm³/mol. The lowest BCUT2D eigenvalue weighted by atomic mass is 10.1. The number of nitrogens with zero attached hydrogens (tertiary/aromatic N) is 2. The van der Waals surface area contributed by atoms with Crippen LogP contribution < -0.4 is 9.80 Å². The maximum Gasteiger partial charge on any atom is 0.418 e. The molecule has 2 amide bonds. The summed E-state index contributed by atoms with van der Waals surface area (Å²) in [5.74, 6) is -1.85. The number of anilines is 2. The number of para-hydroxylation sites is 2. The first-order valence-corrected chi connectivity index (χ1v) is 7.93. The van der Waals surface area contributed by atoms with E-state index in [1.807, 2.05) is 0 Å². The van der Waals surface area contributed by atoms with Crippen LogP contribution in [0.25, 0.3) is 0 Å². The molecule has 10 heteroatoms. The van der Waals surface area contributed by atoms with Crippen LogP contribution in [0.3, 0.4) is 0 Å². The number of hydrogen-bond donors (Lipinski definition) is 0. The van der Waals surface area contributed by atoms with Gasteiger partial charge in [-0.2, -0.15) is 26.3 Å². The molecule has 0 aromatic heterocycles. The van der Waals surface area contributed by atoms with Gasteiger partial charge in [-0.3, -0.25) is 9.59 Å². The van der Waals surface area contributed by atoms with Gasteiger partial charge < -0.3 is 9.80 Å². The smallest absolute Gasteiger partial charge is 0.301 e. The Bertz CT molecular complexity index is 847. The standard InChI is InChI=1S/C18H12F6N2O2/c19-17(20,21)11-5-1-3-7-13(11)25-9-16(28)26(10-15(25)27)14-8-4-2-6-12(14)18(22,23)24/h1-8H,9-10H2. The zero-order chi connectivity index (χ0) is 20.7. The number of halogens is 6. The van der Waals surface area contributed by atoms with Crippen molar-refractivity contribution in [1.29, 1.82) is 0 Å². The van der Waals surface area contributed by atoms with Gasteiger partial charge in [-0.15, -0.1) is 0 Å². The van der Waals surface area contributed by atoms with E-state index in [2.05, 4.69) is 0 Å². The molecule has 4 nitrogen and oxygen atoms in total. The Kier molecular flexibility index (Phi) is 4.82. The van der Waals surface area contributed by atoms with E-state index in [1.165, 1.54) is 12.1 Å². The quantitative estimate of drug-likeness (QED) is 0.710. The Morgan fingerprint density at radius 2 is 0.929 bits per heavy atom. The fourth-order valence-electron chi connectivity index (χ4n) is 2.95. The second kappa shape index (κ2) is 6.84. The third-order valence-corrected chi connectivity index (χ3v) is 4.19. The normalized spacial score (nSPS) is 15.9. The Labute approximate surface area is 155 Å². The van der Waals surface area contributed by atoms with Gasteiger partial charge in [0.25, 0.3) is 0 Å². The van der Waals surface area contributed by atoms with Gasteiger partial charge in [0.1, 0.15) is 13.1 Å². The monoisotopic (exact) mass is 402 g/mol. The van der Waals surface area contributed by atoms with E-state index in [0.717, 1.165) is 36.4 Å². The minimum atomic E-state index is -4.76. The molecule has 28 heavy (non-hydrogen) atoms. The highest BCUT2D eigenvalue weighted by Crippen LogP contribution is 2.39. The predicted octanol–water partition coefficient (Wildman–Crippen LogP) is 4.10. The van der Waals surface area contributed by atoms with E-state index >= 15 is 0 Å². The molecule has 0 N–H and O–H groups in total. The van der Waals surface area contributed by atoms with Crippen molar-refractivity contribution in [2.45, 2.75) is 12.4 Å². The molecule has 0 aliphatic carbocycles. The molecule has 2 aromatic carbocycles. The molecule has 3 rings (SSSR count). The maximum atomic E-state index is 13.2. The van der Waals surface area contributed by atoms with Crippen molar-refractivity contribution in [3.05, 3.63) is 59.7 Å². The lowest BCUT2D eigenvalue weighted by Gasteiger charge is -2.35. The Morgan fingerprint density at radius 1 is 0.607 bits per heavy atom. The van der Waals surface area contributed by atoms with Gasteiger partial charge in [-0.05, 0) is 24.3 Å². The first kappa shape index (κ1) is 19.7. The summed E-state index contributed by atoms with van der Waals surface area (Å²) >= 11 is 0. The number of hydrogen-bond acceptors (Lipinski definition) is 2. The van der Waals surface area contributed by atoms with Crippen LogP contribution in [0.15, 0.2) is 48.5 Å². The zero-order valence-corrected chi connectivity index (χ0v) is 14.0. The van der Waals surface area contributed by atoms with Crippen molar-refractivity contribution in [3.63, 3.8) is 0 Å². The van der Waals surface area contributed by atoms with E-state index in [0.29, 0.717) is 9.80 Å². The summed E-state index contributed by atoms with van der Waals surface area (Å²) in [6.07, 6.45) is -9.53. The molecule has 0 unspecified atom stereocenters. The van der Waals surface area contributed by atoms with Gasteiger partial charge in [-0.1, -0.05) is 24.3 Å². The minimum absolute atomic E-state index is 0.517. The van der Waals surface area contributed by atoms with Gasteiger partial charge >= 0.3 is 12.4 Å². The van der Waals surface area contributed by atoms with Gasteiger partial charge in [0, 0.05) is 0 Å². The minimum Gasteiger partial charge on any atom is -0.301 e. The van der Waals surface area contributed by atoms with Crippen molar-refractivity contribution in [3.8, 4) is 0 Å². The lowest BCUT2D eigenvalue weighted by Crippen LogP contribution is -2.55. The maximum absolute atomic E-state index is 13.2. The van der Waals surface area contributed by atoms with Crippen LogP contribution >= 0.6 is 0 Å². The number of amides is 2. The summed E-state index contributed by atoms with van der Waals surface area (Å²) in [5.41, 5.74) is -3.25. The van der Waals surface area contributed by atoms with Crippen LogP contribution in [0, 0.1) is 0 Å². The molecule has 1 aliphatic heterocycles. The molecule has 0 bridgehead atoms. The molecular weight excluding hydrogens is 390 g/mol. The summed E-state index contributed by atoms with van der Waals surface area (Å²) in [5, 5.41) is 0. The van der Waals surface area contributed by atoms with Crippen LogP contribution in [0.2, 0.25) is 0 Å². The number of rotatable bonds is 2. The van der Waals surface area contributed by atoms with Gasteiger partial charge in [0.15, 0.2) is 0 Å². The molecule has 148 valence electrons. The highest BCUT2D eigenvalue weighted by molar-refractivity contribution is 6.12. The summed E-state index contributed by atoms with van der Waals surface area (Å²) in [7, 11) is 0. The van der Waals surface area contributed by atoms with E-state index in [-0.39, 0.29) is 0 Å². The van der Waals surface area contributed by atoms with E-state index < -0.39 is 59.8 Å². The fourth-order valence-corrected chi connectivity index (χ4v) is 2.95. The fraction of sp³-hybridized carbons (Fsp3) is 0.222. The van der Waals surface area contributed by atoms with Crippen LogP contribution in [-0.2, 0) is 21.9 Å². The van der Waals surface area contributed by atoms with Crippen LogP contribution in [0.4, 0.5) is 37.7 Å². The topological polar surface area (TPSA) is 40.6 Å². The second-order valence-electron chi connectivity index (χ2n) is 5.99. The van der Waals surface area contributed by atoms with Gasteiger partial charge in [0.05, 0.1) is 22.5 Å². The van der Waals surface area contributed by atoms with Crippen LogP contribution in [0.1, 0.15) is 11.1 Å². The van der Waals surface area contributed by atoms with Gasteiger partial charge in [0.2, 0.25) is 11.8 Å². The molecule has 0 radical (unpaired) electrons.